The third kappa shape index (κ3) is 6.39. The zero-order chi connectivity index (χ0) is 23.6. The molecule has 1 fully saturated rings. The van der Waals surface area contributed by atoms with Gasteiger partial charge in [0.15, 0.2) is 0 Å². The summed E-state index contributed by atoms with van der Waals surface area (Å²) >= 11 is 1.44. The topological polar surface area (TPSA) is 96.7 Å². The minimum Gasteiger partial charge on any atom is -0.394 e. The molecule has 3 aromatic carbocycles. The maximum atomic E-state index is 10.2. The van der Waals surface area contributed by atoms with Gasteiger partial charge in [0.2, 0.25) is 0 Å². The van der Waals surface area contributed by atoms with Crippen molar-refractivity contribution in [3.05, 3.63) is 113 Å². The van der Waals surface area contributed by atoms with Crippen LogP contribution in [0, 0.1) is 0 Å². The molecule has 0 aliphatic carbocycles. The molecule has 8 heteroatoms. The molecular formula is C26H27N3O4S. The van der Waals surface area contributed by atoms with E-state index in [1.54, 1.807) is 0 Å². The summed E-state index contributed by atoms with van der Waals surface area (Å²) in [6.07, 6.45) is -1.89. The van der Waals surface area contributed by atoms with Gasteiger partial charge in [-0.25, -0.2) is 0 Å². The van der Waals surface area contributed by atoms with Gasteiger partial charge in [-0.1, -0.05) is 95.7 Å². The molecule has 0 saturated carbocycles. The van der Waals surface area contributed by atoms with Gasteiger partial charge < -0.3 is 19.3 Å². The molecule has 7 nitrogen and oxygen atoms in total. The smallest absolute Gasteiger partial charge is 0.119 e. The van der Waals surface area contributed by atoms with Crippen LogP contribution in [0.15, 0.2) is 101 Å². The number of ether oxygens (including phenoxy) is 3. The fraction of sp³-hybridized carbons (Fsp3) is 0.308. The Labute approximate surface area is 203 Å². The molecule has 1 N–H and O–H groups in total. The van der Waals surface area contributed by atoms with Gasteiger partial charge in [-0.05, 0) is 28.8 Å². The fourth-order valence-corrected chi connectivity index (χ4v) is 5.01. The molecule has 0 radical (unpaired) electrons. The van der Waals surface area contributed by atoms with Gasteiger partial charge in [0.05, 0.1) is 25.9 Å². The molecule has 1 saturated heterocycles. The zero-order valence-corrected chi connectivity index (χ0v) is 19.4. The Bertz CT molecular complexity index is 1050. The monoisotopic (exact) mass is 477 g/mol. The summed E-state index contributed by atoms with van der Waals surface area (Å²) < 4.78 is 18.8. The van der Waals surface area contributed by atoms with Crippen molar-refractivity contribution in [3.8, 4) is 0 Å². The Morgan fingerprint density at radius 2 is 1.35 bits per heavy atom. The van der Waals surface area contributed by atoms with Gasteiger partial charge in [-0.15, -0.1) is 0 Å². The van der Waals surface area contributed by atoms with E-state index < -0.39 is 29.8 Å². The maximum absolute atomic E-state index is 10.2. The second-order valence-corrected chi connectivity index (χ2v) is 9.05. The summed E-state index contributed by atoms with van der Waals surface area (Å²) in [5, 5.41) is 14.3. The average molecular weight is 478 g/mol. The molecule has 1 aliphatic rings. The molecule has 176 valence electrons. The number of rotatable bonds is 10. The first-order chi connectivity index (χ1) is 16.8. The predicted octanol–water partition coefficient (Wildman–Crippen LogP) is 5.35. The second-order valence-electron chi connectivity index (χ2n) is 7.87. The summed E-state index contributed by atoms with van der Waals surface area (Å²) in [5.74, 6) is 0. The normalized spacial score (nSPS) is 24.3. The lowest BCUT2D eigenvalue weighted by Crippen LogP contribution is -2.58. The van der Waals surface area contributed by atoms with E-state index in [9.17, 15) is 10.6 Å². The summed E-state index contributed by atoms with van der Waals surface area (Å²) in [5.41, 5.74) is 10.8. The van der Waals surface area contributed by atoms with Crippen molar-refractivity contribution in [2.45, 2.75) is 47.9 Å². The predicted molar refractivity (Wildman–Crippen MR) is 131 cm³/mol. The average Bonchev–Trinajstić information content (AvgIpc) is 2.89. The molecule has 5 atom stereocenters. The zero-order valence-electron chi connectivity index (χ0n) is 18.6. The summed E-state index contributed by atoms with van der Waals surface area (Å²) in [4.78, 5) is 4.06. The highest BCUT2D eigenvalue weighted by atomic mass is 32.2. The van der Waals surface area contributed by atoms with Crippen molar-refractivity contribution in [1.29, 1.82) is 0 Å². The first-order valence-electron chi connectivity index (χ1n) is 11.1. The molecule has 0 spiro atoms. The van der Waals surface area contributed by atoms with E-state index in [-0.39, 0.29) is 6.61 Å². The van der Waals surface area contributed by atoms with E-state index in [1.165, 1.54) is 11.8 Å². The Morgan fingerprint density at radius 1 is 0.824 bits per heavy atom. The first kappa shape index (κ1) is 24.3. The molecule has 4 rings (SSSR count). The van der Waals surface area contributed by atoms with Crippen LogP contribution in [0.2, 0.25) is 0 Å². The van der Waals surface area contributed by atoms with Gasteiger partial charge in [0, 0.05) is 9.81 Å². The van der Waals surface area contributed by atoms with E-state index >= 15 is 0 Å². The largest absolute Gasteiger partial charge is 0.394 e. The molecule has 1 aliphatic heterocycles. The molecular weight excluding hydrogens is 450 g/mol. The molecule has 34 heavy (non-hydrogen) atoms. The lowest BCUT2D eigenvalue weighted by atomic mass is 9.98. The molecule has 3 aromatic rings. The van der Waals surface area contributed by atoms with Gasteiger partial charge >= 0.3 is 0 Å². The Balaban J connectivity index is 1.60. The Kier molecular flexibility index (Phi) is 8.98. The van der Waals surface area contributed by atoms with Crippen LogP contribution >= 0.6 is 11.8 Å². The molecule has 1 heterocycles. The number of azide groups is 1. The minimum atomic E-state index is -0.664. The first-order valence-corrected chi connectivity index (χ1v) is 12.0. The summed E-state index contributed by atoms with van der Waals surface area (Å²) in [6, 6.07) is 28.6. The number of hydrogen-bond acceptors (Lipinski definition) is 6. The summed E-state index contributed by atoms with van der Waals surface area (Å²) in [7, 11) is 0. The molecule has 0 bridgehead atoms. The maximum Gasteiger partial charge on any atom is 0.119 e. The molecule has 0 aromatic heterocycles. The quantitative estimate of drug-likeness (QED) is 0.241. The number of thioether (sulfide) groups is 1. The highest BCUT2D eigenvalue weighted by Crippen LogP contribution is 2.37. The van der Waals surface area contributed by atoms with Crippen LogP contribution < -0.4 is 0 Å². The third-order valence-electron chi connectivity index (χ3n) is 5.55. The van der Waals surface area contributed by atoms with Gasteiger partial charge in [0.1, 0.15) is 23.7 Å². The summed E-state index contributed by atoms with van der Waals surface area (Å²) in [6.45, 7) is 0.380. The van der Waals surface area contributed by atoms with Crippen LogP contribution in [-0.2, 0) is 27.4 Å². The molecule has 1 unspecified atom stereocenters. The van der Waals surface area contributed by atoms with Gasteiger partial charge in [-0.3, -0.25) is 0 Å². The van der Waals surface area contributed by atoms with Crippen molar-refractivity contribution >= 4 is 11.8 Å². The van der Waals surface area contributed by atoms with Crippen LogP contribution in [0.3, 0.4) is 0 Å². The number of nitrogens with zero attached hydrogens (tertiary/aromatic N) is 3. The van der Waals surface area contributed by atoms with Crippen LogP contribution in [0.4, 0.5) is 0 Å². The lowest BCUT2D eigenvalue weighted by molar-refractivity contribution is -0.206. The van der Waals surface area contributed by atoms with Crippen molar-refractivity contribution in [2.24, 2.45) is 5.11 Å². The number of benzene rings is 3. The number of aliphatic hydroxyl groups excluding tert-OH is 1. The third-order valence-corrected chi connectivity index (χ3v) is 6.71. The minimum absolute atomic E-state index is 0.251. The van der Waals surface area contributed by atoms with Crippen molar-refractivity contribution in [1.82, 2.24) is 0 Å². The van der Waals surface area contributed by atoms with Crippen LogP contribution in [0.25, 0.3) is 10.4 Å². The van der Waals surface area contributed by atoms with E-state index in [2.05, 4.69) is 10.0 Å². The lowest BCUT2D eigenvalue weighted by Gasteiger charge is -2.44. The van der Waals surface area contributed by atoms with Crippen molar-refractivity contribution in [2.75, 3.05) is 6.61 Å². The highest BCUT2D eigenvalue weighted by molar-refractivity contribution is 7.99. The molecule has 0 amide bonds. The Morgan fingerprint density at radius 3 is 1.88 bits per heavy atom. The van der Waals surface area contributed by atoms with Crippen LogP contribution in [0.5, 0.6) is 0 Å². The van der Waals surface area contributed by atoms with E-state index in [4.69, 9.17) is 14.2 Å². The van der Waals surface area contributed by atoms with Crippen LogP contribution in [-0.4, -0.2) is 41.5 Å². The van der Waals surface area contributed by atoms with Gasteiger partial charge in [-0.2, -0.15) is 0 Å². The van der Waals surface area contributed by atoms with Gasteiger partial charge in [0.25, 0.3) is 0 Å². The van der Waals surface area contributed by atoms with E-state index in [1.807, 2.05) is 91.0 Å². The highest BCUT2D eigenvalue weighted by Gasteiger charge is 2.47. The SMILES string of the molecule is [N-]=[N+]=NC1[C@@H](OCc2ccccc2)[C@@H](OCc2ccccc2)[C@@H](CO)O[C@H]1Sc1ccccc1. The second kappa shape index (κ2) is 12.6. The van der Waals surface area contributed by atoms with Crippen LogP contribution in [0.1, 0.15) is 11.1 Å². The number of aliphatic hydroxyl groups is 1. The van der Waals surface area contributed by atoms with Crippen molar-refractivity contribution < 1.29 is 19.3 Å². The Hall–Kier alpha value is -2.84. The number of hydrogen-bond donors (Lipinski definition) is 1. The van der Waals surface area contributed by atoms with Crippen molar-refractivity contribution in [3.63, 3.8) is 0 Å². The fourth-order valence-electron chi connectivity index (χ4n) is 3.88. The van der Waals surface area contributed by atoms with E-state index in [0.717, 1.165) is 16.0 Å². The standard InChI is InChI=1S/C26H27N3O4S/c27-29-28-23-25(32-18-20-12-6-2-7-13-20)24(31-17-19-10-4-1-5-11-19)22(16-30)33-26(23)34-21-14-8-3-9-15-21/h1-15,22-26,30H,16-18H2/t22-,23?,24+,25-,26+/m1/s1. The van der Waals surface area contributed by atoms with E-state index in [0.29, 0.717) is 13.2 Å².